The van der Waals surface area contributed by atoms with Crippen LogP contribution < -0.4 is 10.5 Å². The highest BCUT2D eigenvalue weighted by Gasteiger charge is 2.22. The first kappa shape index (κ1) is 39.0. The van der Waals surface area contributed by atoms with Gasteiger partial charge in [-0.25, -0.2) is 4.79 Å². The van der Waals surface area contributed by atoms with Gasteiger partial charge in [-0.15, -0.1) is 0 Å². The molecule has 0 aromatic heterocycles. The summed E-state index contributed by atoms with van der Waals surface area (Å²) < 4.78 is 16.4. The van der Waals surface area contributed by atoms with Crippen LogP contribution in [0.3, 0.4) is 0 Å². The van der Waals surface area contributed by atoms with Crippen LogP contribution >= 0.6 is 15.9 Å². The number of benzene rings is 3. The number of fused-ring (bicyclic) bond motifs is 1. The van der Waals surface area contributed by atoms with Crippen LogP contribution in [-0.4, -0.2) is 73.8 Å². The van der Waals surface area contributed by atoms with Gasteiger partial charge in [-0.1, -0.05) is 63.9 Å². The Kier molecular flexibility index (Phi) is 17.1. The van der Waals surface area contributed by atoms with Gasteiger partial charge in [0.1, 0.15) is 19.0 Å². The van der Waals surface area contributed by atoms with E-state index in [1.54, 1.807) is 13.2 Å². The van der Waals surface area contributed by atoms with Crippen LogP contribution in [-0.2, 0) is 20.8 Å². The summed E-state index contributed by atoms with van der Waals surface area (Å²) in [5.74, 6) is 0.259. The predicted molar refractivity (Wildman–Crippen MR) is 192 cm³/mol. The molecule has 1 saturated carbocycles. The summed E-state index contributed by atoms with van der Waals surface area (Å²) in [7, 11) is 1.68. The molecule has 1 aliphatic rings. The minimum Gasteiger partial charge on any atom is -0.497 e. The van der Waals surface area contributed by atoms with Crippen LogP contribution in [0.5, 0.6) is 5.75 Å². The molecule has 0 atom stereocenters. The van der Waals surface area contributed by atoms with Gasteiger partial charge < -0.3 is 19.9 Å². The zero-order valence-corrected chi connectivity index (χ0v) is 29.1. The molecule has 3 aromatic rings. The van der Waals surface area contributed by atoms with Crippen molar-refractivity contribution < 1.29 is 23.8 Å². The van der Waals surface area contributed by atoms with Crippen molar-refractivity contribution >= 4 is 44.3 Å². The highest BCUT2D eigenvalue weighted by atomic mass is 79.9. The highest BCUT2D eigenvalue weighted by Crippen LogP contribution is 2.30. The first-order valence-corrected chi connectivity index (χ1v) is 16.8. The third-order valence-corrected chi connectivity index (χ3v) is 8.96. The van der Waals surface area contributed by atoms with E-state index in [0.29, 0.717) is 37.0 Å². The van der Waals surface area contributed by atoms with Gasteiger partial charge in [0.25, 0.3) is 0 Å². The van der Waals surface area contributed by atoms with Crippen LogP contribution in [0.1, 0.15) is 83.1 Å². The van der Waals surface area contributed by atoms with Crippen molar-refractivity contribution in [3.05, 3.63) is 70.2 Å². The number of carbonyl (C=O) groups is 2. The number of nitrogens with zero attached hydrogens (tertiary/aromatic N) is 2. The molecule has 46 heavy (non-hydrogen) atoms. The summed E-state index contributed by atoms with van der Waals surface area (Å²) in [5.41, 5.74) is 8.49. The number of halogens is 1. The van der Waals surface area contributed by atoms with E-state index < -0.39 is 0 Å². The molecule has 4 rings (SSSR count). The van der Waals surface area contributed by atoms with E-state index in [-0.39, 0.29) is 32.0 Å². The van der Waals surface area contributed by atoms with Gasteiger partial charge in [0.2, 0.25) is 0 Å². The predicted octanol–water partition coefficient (Wildman–Crippen LogP) is 8.10. The van der Waals surface area contributed by atoms with E-state index in [4.69, 9.17) is 19.9 Å². The largest absolute Gasteiger partial charge is 0.497 e. The lowest BCUT2D eigenvalue weighted by molar-refractivity contribution is -0.141. The first-order valence-electron chi connectivity index (χ1n) is 16.0. The van der Waals surface area contributed by atoms with Gasteiger partial charge in [0.15, 0.2) is 0 Å². The van der Waals surface area contributed by atoms with Crippen LogP contribution in [0, 0.1) is 0 Å². The highest BCUT2D eigenvalue weighted by molar-refractivity contribution is 9.10. The Hall–Kier alpha value is -3.14. The van der Waals surface area contributed by atoms with Gasteiger partial charge >= 0.3 is 11.9 Å². The van der Waals surface area contributed by atoms with E-state index in [9.17, 15) is 9.59 Å². The number of ether oxygens (including phenoxy) is 3. The Morgan fingerprint density at radius 1 is 0.957 bits per heavy atom. The van der Waals surface area contributed by atoms with E-state index in [2.05, 4.69) is 64.7 Å². The maximum Gasteiger partial charge on any atom is 0.338 e. The minimum absolute atomic E-state index is 0. The fourth-order valence-electron chi connectivity index (χ4n) is 5.66. The van der Waals surface area contributed by atoms with Crippen molar-refractivity contribution in [3.8, 4) is 5.75 Å². The third kappa shape index (κ3) is 12.2. The SMILES string of the molecule is C.CCN(Cc1cc(C(=O)OCCN(CCOC(C)=O)C(C)C)cc(Br)c1N)C1CCCCC1.COc1ccc2ccccc2c1. The number of anilines is 1. The second-order valence-corrected chi connectivity index (χ2v) is 12.6. The Labute approximate surface area is 284 Å². The van der Waals surface area contributed by atoms with Crippen molar-refractivity contribution in [1.29, 1.82) is 0 Å². The lowest BCUT2D eigenvalue weighted by atomic mass is 9.93. The molecule has 0 bridgehead atoms. The Balaban J connectivity index is 0.000000470. The smallest absolute Gasteiger partial charge is 0.338 e. The van der Waals surface area contributed by atoms with Crippen LogP contribution in [0.15, 0.2) is 59.1 Å². The minimum atomic E-state index is -0.360. The summed E-state index contributed by atoms with van der Waals surface area (Å²) in [4.78, 5) is 28.4. The number of rotatable bonds is 13. The molecule has 8 nitrogen and oxygen atoms in total. The number of nitrogen functional groups attached to an aromatic ring is 1. The van der Waals surface area contributed by atoms with Crippen molar-refractivity contribution in [2.75, 3.05) is 45.7 Å². The maximum absolute atomic E-state index is 12.8. The normalized spacial score (nSPS) is 13.2. The molecule has 0 saturated heterocycles. The van der Waals surface area contributed by atoms with Crippen LogP contribution in [0.2, 0.25) is 0 Å². The summed E-state index contributed by atoms with van der Waals surface area (Å²) in [6.07, 6.45) is 6.32. The van der Waals surface area contributed by atoms with Crippen molar-refractivity contribution in [2.24, 2.45) is 0 Å². The average molecular weight is 701 g/mol. The summed E-state index contributed by atoms with van der Waals surface area (Å²) in [5, 5.41) is 2.47. The standard InChI is InChI=1S/C25H40BrN3O4.C11H10O.CH4/c1-5-28(22-9-7-6-8-10-22)17-21-15-20(16-23(26)24(21)27)25(31)33-14-12-29(18(2)3)11-13-32-19(4)30;1-12-11-7-6-9-4-2-3-5-10(9)8-11;/h15-16,18,22H,5-14,17,27H2,1-4H3;2-8H,1H3;1H4. The number of hydrogen-bond donors (Lipinski definition) is 1. The molecule has 3 aromatic carbocycles. The zero-order valence-electron chi connectivity index (χ0n) is 27.5. The van der Waals surface area contributed by atoms with Crippen molar-refractivity contribution in [1.82, 2.24) is 9.80 Å². The number of hydrogen-bond acceptors (Lipinski definition) is 8. The summed E-state index contributed by atoms with van der Waals surface area (Å²) >= 11 is 3.52. The first-order chi connectivity index (χ1) is 21.6. The number of esters is 2. The summed E-state index contributed by atoms with van der Waals surface area (Å²) in [6.45, 7) is 11.1. The maximum atomic E-state index is 12.8. The van der Waals surface area contributed by atoms with E-state index in [1.807, 2.05) is 30.3 Å². The molecule has 0 unspecified atom stereocenters. The number of methoxy groups -OCH3 is 1. The zero-order chi connectivity index (χ0) is 32.8. The number of carbonyl (C=O) groups excluding carboxylic acids is 2. The molecule has 2 N–H and O–H groups in total. The summed E-state index contributed by atoms with van der Waals surface area (Å²) in [6, 6.07) is 18.7. The molecule has 0 amide bonds. The fourth-order valence-corrected chi connectivity index (χ4v) is 6.16. The molecule has 0 aliphatic heterocycles. The Bertz CT molecular complexity index is 1380. The molecule has 0 heterocycles. The van der Waals surface area contributed by atoms with E-state index >= 15 is 0 Å². The van der Waals surface area contributed by atoms with E-state index in [1.165, 1.54) is 49.8 Å². The quantitative estimate of drug-likeness (QED) is 0.141. The molecule has 1 fully saturated rings. The molecule has 9 heteroatoms. The van der Waals surface area contributed by atoms with Crippen LogP contribution in [0.25, 0.3) is 10.8 Å². The fraction of sp³-hybridized carbons (Fsp3) is 0.514. The third-order valence-electron chi connectivity index (χ3n) is 8.30. The lowest BCUT2D eigenvalue weighted by Gasteiger charge is -2.34. The van der Waals surface area contributed by atoms with E-state index in [0.717, 1.165) is 28.9 Å². The second kappa shape index (κ2) is 20.2. The topological polar surface area (TPSA) is 94.3 Å². The van der Waals surface area contributed by atoms with Crippen molar-refractivity contribution in [2.45, 2.75) is 85.9 Å². The lowest BCUT2D eigenvalue weighted by Crippen LogP contribution is -2.37. The van der Waals surface area contributed by atoms with Gasteiger partial charge in [-0.3, -0.25) is 14.6 Å². The van der Waals surface area contributed by atoms with Crippen LogP contribution in [0.4, 0.5) is 5.69 Å². The average Bonchev–Trinajstić information content (AvgIpc) is 3.04. The van der Waals surface area contributed by atoms with Crippen molar-refractivity contribution in [3.63, 3.8) is 0 Å². The second-order valence-electron chi connectivity index (χ2n) is 11.7. The molecule has 0 radical (unpaired) electrons. The monoisotopic (exact) mass is 699 g/mol. The Morgan fingerprint density at radius 3 is 2.22 bits per heavy atom. The van der Waals surface area contributed by atoms with Gasteiger partial charge in [-0.2, -0.15) is 0 Å². The number of nitrogens with two attached hydrogens (primary N) is 1. The van der Waals surface area contributed by atoms with Gasteiger partial charge in [-0.05, 0) is 89.8 Å². The molecule has 1 aliphatic carbocycles. The molecular weight excluding hydrogens is 646 g/mol. The molecule has 0 spiro atoms. The molecular formula is C37H54BrN3O5. The van der Waals surface area contributed by atoms with Gasteiger partial charge in [0.05, 0.1) is 18.4 Å². The Morgan fingerprint density at radius 2 is 1.61 bits per heavy atom. The van der Waals surface area contributed by atoms with Gasteiger partial charge in [0, 0.05) is 43.1 Å². The molecule has 254 valence electrons.